The minimum atomic E-state index is -3.49. The molecule has 2 aliphatic rings. The lowest BCUT2D eigenvalue weighted by Gasteiger charge is -2.36. The van der Waals surface area contributed by atoms with Crippen LogP contribution in [0.3, 0.4) is 0 Å². The summed E-state index contributed by atoms with van der Waals surface area (Å²) >= 11 is 0. The van der Waals surface area contributed by atoms with Crippen molar-refractivity contribution in [2.45, 2.75) is 30.2 Å². The Bertz CT molecular complexity index is 743. The molecule has 2 saturated heterocycles. The second-order valence-corrected chi connectivity index (χ2v) is 9.77. The van der Waals surface area contributed by atoms with E-state index in [2.05, 4.69) is 27.7 Å². The van der Waals surface area contributed by atoms with Crippen LogP contribution in [0.15, 0.2) is 30.3 Å². The molecule has 0 aliphatic carbocycles. The quantitative estimate of drug-likeness (QED) is 0.648. The average Bonchev–Trinajstić information content (AvgIpc) is 2.67. The molecule has 29 heavy (non-hydrogen) atoms. The van der Waals surface area contributed by atoms with Gasteiger partial charge in [-0.1, -0.05) is 30.3 Å². The zero-order valence-corrected chi connectivity index (χ0v) is 19.1. The molecule has 1 unspecified atom stereocenters. The minimum absolute atomic E-state index is 0. The van der Waals surface area contributed by atoms with Crippen LogP contribution in [0.1, 0.15) is 18.4 Å². The second-order valence-electron chi connectivity index (χ2n) is 7.44. The molecule has 1 aromatic rings. The summed E-state index contributed by atoms with van der Waals surface area (Å²) in [6.07, 6.45) is 1.65. The van der Waals surface area contributed by atoms with Crippen LogP contribution in [0.4, 0.5) is 0 Å². The molecule has 0 bridgehead atoms. The molecule has 2 fully saturated rings. The Hall–Kier alpha value is -0.900. The summed E-state index contributed by atoms with van der Waals surface area (Å²) < 4.78 is 29.1. The van der Waals surface area contributed by atoms with E-state index in [1.807, 2.05) is 18.2 Å². The van der Waals surface area contributed by atoms with Crippen molar-refractivity contribution in [2.75, 3.05) is 45.6 Å². The highest BCUT2D eigenvalue weighted by molar-refractivity contribution is 7.92. The predicted octanol–water partition coefficient (Wildman–Crippen LogP) is 1.01. The van der Waals surface area contributed by atoms with Crippen molar-refractivity contribution >= 4 is 40.6 Å². The molecule has 2 aliphatic heterocycles. The number of nitrogens with zero attached hydrogens (tertiary/aromatic N) is 1. The molecule has 0 spiro atoms. The monoisotopic (exact) mass is 467 g/mol. The number of carbonyl (C=O) groups excluding carboxylic acids is 1. The van der Waals surface area contributed by atoms with E-state index in [1.165, 1.54) is 5.56 Å². The van der Waals surface area contributed by atoms with Gasteiger partial charge in [0.1, 0.15) is 0 Å². The Morgan fingerprint density at radius 1 is 1.24 bits per heavy atom. The van der Waals surface area contributed by atoms with E-state index in [9.17, 15) is 13.2 Å². The summed E-state index contributed by atoms with van der Waals surface area (Å²) in [6.45, 7) is 4.40. The maximum absolute atomic E-state index is 12.8. The third-order valence-corrected chi connectivity index (χ3v) is 7.51. The molecule has 0 saturated carbocycles. The smallest absolute Gasteiger partial charge is 0.241 e. The number of carbonyl (C=O) groups is 1. The number of rotatable bonds is 6. The molecule has 0 radical (unpaired) electrons. The first-order valence-electron chi connectivity index (χ1n) is 9.47. The number of sulfone groups is 1. The number of morpholine rings is 1. The number of hydrogen-bond acceptors (Lipinski definition) is 6. The van der Waals surface area contributed by atoms with Crippen LogP contribution in [0.25, 0.3) is 0 Å². The van der Waals surface area contributed by atoms with E-state index in [4.69, 9.17) is 4.74 Å². The van der Waals surface area contributed by atoms with Crippen molar-refractivity contribution in [3.05, 3.63) is 35.9 Å². The maximum Gasteiger partial charge on any atom is 0.241 e. The van der Waals surface area contributed by atoms with E-state index in [-0.39, 0.29) is 30.9 Å². The lowest BCUT2D eigenvalue weighted by molar-refractivity contribution is -0.125. The lowest BCUT2D eigenvalue weighted by Crippen LogP contribution is -2.58. The fourth-order valence-electron chi connectivity index (χ4n) is 3.85. The fourth-order valence-corrected chi connectivity index (χ4v) is 5.21. The largest absolute Gasteiger partial charge is 0.374 e. The predicted molar refractivity (Wildman–Crippen MR) is 119 cm³/mol. The number of piperidine rings is 1. The Morgan fingerprint density at radius 2 is 1.90 bits per heavy atom. The SMILES string of the molecule is CS(=O)(=O)C1(C(=O)NCC2CN(Cc3ccccc3)CCO2)CCNCC1.Cl.Cl. The summed E-state index contributed by atoms with van der Waals surface area (Å²) in [6, 6.07) is 10.2. The molecule has 1 amide bonds. The lowest BCUT2D eigenvalue weighted by atomic mass is 9.96. The molecule has 2 heterocycles. The van der Waals surface area contributed by atoms with Gasteiger partial charge in [-0.05, 0) is 31.5 Å². The Labute approximate surface area is 185 Å². The van der Waals surface area contributed by atoms with E-state index in [0.29, 0.717) is 45.6 Å². The van der Waals surface area contributed by atoms with Gasteiger partial charge in [0.05, 0.1) is 12.7 Å². The first-order valence-corrected chi connectivity index (χ1v) is 11.4. The van der Waals surface area contributed by atoms with Crippen LogP contribution in [-0.4, -0.2) is 75.7 Å². The van der Waals surface area contributed by atoms with Gasteiger partial charge in [-0.15, -0.1) is 24.8 Å². The second kappa shape index (κ2) is 11.5. The third-order valence-electron chi connectivity index (χ3n) is 5.50. The van der Waals surface area contributed by atoms with Gasteiger partial charge in [-0.2, -0.15) is 0 Å². The zero-order valence-electron chi connectivity index (χ0n) is 16.6. The molecule has 0 aromatic heterocycles. The highest BCUT2D eigenvalue weighted by Gasteiger charge is 2.48. The minimum Gasteiger partial charge on any atom is -0.374 e. The molecule has 10 heteroatoms. The molecule has 1 atom stereocenters. The van der Waals surface area contributed by atoms with E-state index >= 15 is 0 Å². The number of nitrogens with one attached hydrogen (secondary N) is 2. The van der Waals surface area contributed by atoms with Crippen molar-refractivity contribution in [1.29, 1.82) is 0 Å². The highest BCUT2D eigenvalue weighted by Crippen LogP contribution is 2.28. The topological polar surface area (TPSA) is 87.7 Å². The highest BCUT2D eigenvalue weighted by atomic mass is 35.5. The zero-order chi connectivity index (χ0) is 19.3. The van der Waals surface area contributed by atoms with Gasteiger partial charge in [0.2, 0.25) is 5.91 Å². The summed E-state index contributed by atoms with van der Waals surface area (Å²) in [5.74, 6) is -0.393. The van der Waals surface area contributed by atoms with Crippen molar-refractivity contribution in [2.24, 2.45) is 0 Å². The first-order chi connectivity index (χ1) is 12.9. The van der Waals surface area contributed by atoms with Gasteiger partial charge in [0.15, 0.2) is 14.6 Å². The fraction of sp³-hybridized carbons (Fsp3) is 0.632. The number of benzene rings is 1. The molecular weight excluding hydrogens is 437 g/mol. The average molecular weight is 468 g/mol. The Morgan fingerprint density at radius 3 is 2.52 bits per heavy atom. The van der Waals surface area contributed by atoms with Crippen LogP contribution in [-0.2, 0) is 25.9 Å². The standard InChI is InChI=1S/C19H29N3O4S.2ClH/c1-27(24,25)19(7-9-20-10-8-19)18(23)21-13-17-15-22(11-12-26-17)14-16-5-3-2-4-6-16;;/h2-6,17,20H,7-15H2,1H3,(H,21,23);2*1H. The Kier molecular flexibility index (Phi) is 10.3. The summed E-state index contributed by atoms with van der Waals surface area (Å²) in [7, 11) is -3.49. The first kappa shape index (κ1) is 26.1. The number of hydrogen-bond donors (Lipinski definition) is 2. The molecule has 1 aromatic carbocycles. The van der Waals surface area contributed by atoms with Gasteiger partial charge in [0.25, 0.3) is 0 Å². The van der Waals surface area contributed by atoms with E-state index in [0.717, 1.165) is 19.3 Å². The van der Waals surface area contributed by atoms with Gasteiger partial charge in [0, 0.05) is 32.4 Å². The van der Waals surface area contributed by atoms with Crippen LogP contribution in [0.5, 0.6) is 0 Å². The van der Waals surface area contributed by atoms with Gasteiger partial charge in [-0.3, -0.25) is 9.69 Å². The molecule has 2 N–H and O–H groups in total. The molecule has 3 rings (SSSR count). The van der Waals surface area contributed by atoms with Gasteiger partial charge < -0.3 is 15.4 Å². The van der Waals surface area contributed by atoms with E-state index in [1.54, 1.807) is 0 Å². The van der Waals surface area contributed by atoms with Gasteiger partial charge in [-0.25, -0.2) is 8.42 Å². The van der Waals surface area contributed by atoms with Crippen LogP contribution >= 0.6 is 24.8 Å². The van der Waals surface area contributed by atoms with Crippen LogP contribution in [0, 0.1) is 0 Å². The molecule has 166 valence electrons. The Balaban J connectivity index is 0.00000210. The van der Waals surface area contributed by atoms with Crippen molar-refractivity contribution in [3.63, 3.8) is 0 Å². The van der Waals surface area contributed by atoms with E-state index < -0.39 is 20.5 Å². The number of halogens is 2. The summed E-state index contributed by atoms with van der Waals surface area (Å²) in [5, 5.41) is 5.98. The summed E-state index contributed by atoms with van der Waals surface area (Å²) in [5.41, 5.74) is 1.24. The molecular formula is C19H31Cl2N3O4S. The maximum atomic E-state index is 12.8. The third kappa shape index (κ3) is 6.54. The van der Waals surface area contributed by atoms with Crippen molar-refractivity contribution in [1.82, 2.24) is 15.5 Å². The number of amides is 1. The molecule has 7 nitrogen and oxygen atoms in total. The number of ether oxygens (including phenoxy) is 1. The normalized spacial score (nSPS) is 22.0. The van der Waals surface area contributed by atoms with Gasteiger partial charge >= 0.3 is 0 Å². The van der Waals surface area contributed by atoms with Crippen LogP contribution < -0.4 is 10.6 Å². The summed E-state index contributed by atoms with van der Waals surface area (Å²) in [4.78, 5) is 15.1. The van der Waals surface area contributed by atoms with Crippen molar-refractivity contribution < 1.29 is 17.9 Å². The van der Waals surface area contributed by atoms with Crippen molar-refractivity contribution in [3.8, 4) is 0 Å². The van der Waals surface area contributed by atoms with Crippen LogP contribution in [0.2, 0.25) is 0 Å².